The third-order valence-corrected chi connectivity index (χ3v) is 6.29. The average molecular weight is 450 g/mol. The molecule has 3 nitrogen and oxygen atoms in total. The molecule has 0 bridgehead atoms. The molecule has 0 amide bonds. The summed E-state index contributed by atoms with van der Waals surface area (Å²) in [6.07, 6.45) is 0. The molecule has 2 heterocycles. The zero-order valence-electron chi connectivity index (χ0n) is 16.0. The molecule has 0 saturated carbocycles. The number of para-hydroxylation sites is 1. The van der Waals surface area contributed by atoms with Crippen LogP contribution in [0.15, 0.2) is 102 Å². The van der Waals surface area contributed by atoms with E-state index in [4.69, 9.17) is 0 Å². The Morgan fingerprint density at radius 3 is 2.00 bits per heavy atom. The van der Waals surface area contributed by atoms with E-state index in [1.165, 1.54) is 16.3 Å². The van der Waals surface area contributed by atoms with Gasteiger partial charge in [-0.15, -0.1) is 10.2 Å². The highest BCUT2D eigenvalue weighted by Crippen LogP contribution is 2.33. The minimum absolute atomic E-state index is 0.852. The lowest BCUT2D eigenvalue weighted by atomic mass is 10.0. The van der Waals surface area contributed by atoms with Crippen LogP contribution >= 0.6 is 15.9 Å². The molecule has 2 aromatic heterocycles. The van der Waals surface area contributed by atoms with Crippen LogP contribution in [0.25, 0.3) is 49.8 Å². The zero-order chi connectivity index (χ0) is 20.1. The summed E-state index contributed by atoms with van der Waals surface area (Å²) in [5.74, 6) is 0.852. The van der Waals surface area contributed by atoms with Crippen molar-refractivity contribution < 1.29 is 0 Å². The van der Waals surface area contributed by atoms with Gasteiger partial charge in [-0.2, -0.15) is 0 Å². The summed E-state index contributed by atoms with van der Waals surface area (Å²) in [7, 11) is 0. The van der Waals surface area contributed by atoms with E-state index in [-0.39, 0.29) is 0 Å². The fourth-order valence-electron chi connectivity index (χ4n) is 4.18. The minimum atomic E-state index is 0.852. The van der Waals surface area contributed by atoms with Gasteiger partial charge in [0.15, 0.2) is 11.5 Å². The maximum absolute atomic E-state index is 4.59. The number of halogens is 1. The number of rotatable bonds is 2. The van der Waals surface area contributed by atoms with Crippen molar-refractivity contribution in [3.63, 3.8) is 0 Å². The van der Waals surface area contributed by atoms with Crippen molar-refractivity contribution in [2.24, 2.45) is 0 Å². The predicted octanol–water partition coefficient (Wildman–Crippen LogP) is 7.13. The predicted molar refractivity (Wildman–Crippen MR) is 127 cm³/mol. The topological polar surface area (TPSA) is 30.2 Å². The molecule has 0 unspecified atom stereocenters. The van der Waals surface area contributed by atoms with Gasteiger partial charge in [0.1, 0.15) is 0 Å². The number of fused-ring (bicyclic) bond motifs is 6. The third-order valence-electron chi connectivity index (χ3n) is 5.59. The number of benzene rings is 4. The van der Waals surface area contributed by atoms with Gasteiger partial charge in [-0.25, -0.2) is 0 Å². The lowest BCUT2D eigenvalue weighted by Gasteiger charge is -2.10. The Morgan fingerprint density at radius 1 is 0.567 bits per heavy atom. The third kappa shape index (κ3) is 2.57. The summed E-state index contributed by atoms with van der Waals surface area (Å²) >= 11 is 3.65. The molecule has 6 rings (SSSR count). The molecule has 0 spiro atoms. The zero-order valence-corrected chi connectivity index (χ0v) is 17.5. The van der Waals surface area contributed by atoms with Crippen molar-refractivity contribution in [1.29, 1.82) is 0 Å². The van der Waals surface area contributed by atoms with E-state index in [2.05, 4.69) is 122 Å². The first-order valence-electron chi connectivity index (χ1n) is 9.81. The van der Waals surface area contributed by atoms with Gasteiger partial charge in [0.2, 0.25) is 0 Å². The van der Waals surface area contributed by atoms with Gasteiger partial charge in [-0.1, -0.05) is 101 Å². The molecule has 142 valence electrons. The smallest absolute Gasteiger partial charge is 0.169 e. The quantitative estimate of drug-likeness (QED) is 0.263. The first-order valence-corrected chi connectivity index (χ1v) is 10.6. The Morgan fingerprint density at radius 2 is 1.20 bits per heavy atom. The van der Waals surface area contributed by atoms with E-state index in [0.29, 0.717) is 0 Å². The largest absolute Gasteiger partial charge is 0.274 e. The van der Waals surface area contributed by atoms with Crippen molar-refractivity contribution in [1.82, 2.24) is 14.6 Å². The molecular formula is C26H16BrN3. The summed E-state index contributed by atoms with van der Waals surface area (Å²) in [5.41, 5.74) is 5.37. The maximum Gasteiger partial charge on any atom is 0.169 e. The molecule has 0 aliphatic heterocycles. The van der Waals surface area contributed by atoms with Crippen LogP contribution in [0.4, 0.5) is 0 Å². The highest BCUT2D eigenvalue weighted by Gasteiger charge is 2.15. The fourth-order valence-corrected chi connectivity index (χ4v) is 4.69. The summed E-state index contributed by atoms with van der Waals surface area (Å²) < 4.78 is 3.26. The molecule has 4 heteroatoms. The van der Waals surface area contributed by atoms with Crippen molar-refractivity contribution in [2.75, 3.05) is 0 Å². The Bertz CT molecular complexity index is 1550. The van der Waals surface area contributed by atoms with Gasteiger partial charge in [0.25, 0.3) is 0 Å². The minimum Gasteiger partial charge on any atom is -0.274 e. The van der Waals surface area contributed by atoms with Gasteiger partial charge >= 0.3 is 0 Å². The maximum atomic E-state index is 4.59. The summed E-state index contributed by atoms with van der Waals surface area (Å²) in [6, 6.07) is 33.6. The second-order valence-corrected chi connectivity index (χ2v) is 8.16. The molecule has 0 aliphatic rings. The molecule has 0 radical (unpaired) electrons. The Labute approximate surface area is 181 Å². The highest BCUT2D eigenvalue weighted by atomic mass is 79.9. The van der Waals surface area contributed by atoms with Gasteiger partial charge in [-0.05, 0) is 28.6 Å². The van der Waals surface area contributed by atoms with Gasteiger partial charge in [-0.3, -0.25) is 4.40 Å². The van der Waals surface area contributed by atoms with Crippen molar-refractivity contribution in [3.8, 4) is 22.5 Å². The number of aromatic nitrogens is 3. The number of nitrogens with zero attached hydrogens (tertiary/aromatic N) is 3. The van der Waals surface area contributed by atoms with Crippen LogP contribution in [-0.4, -0.2) is 14.6 Å². The highest BCUT2D eigenvalue weighted by molar-refractivity contribution is 9.10. The summed E-state index contributed by atoms with van der Waals surface area (Å²) in [6.45, 7) is 0. The molecule has 0 aliphatic carbocycles. The van der Waals surface area contributed by atoms with E-state index < -0.39 is 0 Å². The van der Waals surface area contributed by atoms with Crippen molar-refractivity contribution >= 4 is 43.3 Å². The Balaban J connectivity index is 1.60. The van der Waals surface area contributed by atoms with Crippen LogP contribution in [0.5, 0.6) is 0 Å². The summed E-state index contributed by atoms with van der Waals surface area (Å²) in [4.78, 5) is 0. The molecule has 30 heavy (non-hydrogen) atoms. The Hall–Kier alpha value is -3.50. The number of hydrogen-bond donors (Lipinski definition) is 0. The fraction of sp³-hybridized carbons (Fsp3) is 0. The molecule has 6 aromatic rings. The lowest BCUT2D eigenvalue weighted by Crippen LogP contribution is -1.94. The van der Waals surface area contributed by atoms with E-state index in [1.54, 1.807) is 0 Å². The first kappa shape index (κ1) is 17.4. The van der Waals surface area contributed by atoms with Gasteiger partial charge in [0.05, 0.1) is 5.52 Å². The lowest BCUT2D eigenvalue weighted by molar-refractivity contribution is 1.12. The second kappa shape index (κ2) is 6.78. The van der Waals surface area contributed by atoms with Crippen LogP contribution in [-0.2, 0) is 0 Å². The van der Waals surface area contributed by atoms with Crippen molar-refractivity contribution in [3.05, 3.63) is 102 Å². The van der Waals surface area contributed by atoms with E-state index in [9.17, 15) is 0 Å². The second-order valence-electron chi connectivity index (χ2n) is 7.30. The van der Waals surface area contributed by atoms with Crippen LogP contribution < -0.4 is 0 Å². The number of hydrogen-bond acceptors (Lipinski definition) is 2. The van der Waals surface area contributed by atoms with Gasteiger partial charge in [0, 0.05) is 20.8 Å². The van der Waals surface area contributed by atoms with Crippen LogP contribution in [0.1, 0.15) is 0 Å². The summed E-state index contributed by atoms with van der Waals surface area (Å²) in [5, 5.41) is 12.7. The van der Waals surface area contributed by atoms with E-state index in [1.807, 2.05) is 6.07 Å². The van der Waals surface area contributed by atoms with E-state index in [0.717, 1.165) is 38.0 Å². The molecule has 0 fully saturated rings. The van der Waals surface area contributed by atoms with Gasteiger partial charge < -0.3 is 0 Å². The van der Waals surface area contributed by atoms with Crippen LogP contribution in [0, 0.1) is 0 Å². The average Bonchev–Trinajstić information content (AvgIpc) is 3.25. The molecule has 4 aromatic carbocycles. The van der Waals surface area contributed by atoms with Crippen molar-refractivity contribution in [2.45, 2.75) is 0 Å². The molecule has 0 saturated heterocycles. The molecule has 0 atom stereocenters. The van der Waals surface area contributed by atoms with Crippen LogP contribution in [0.2, 0.25) is 0 Å². The van der Waals surface area contributed by atoms with E-state index >= 15 is 0 Å². The Kier molecular flexibility index (Phi) is 3.93. The molecule has 0 N–H and O–H groups in total. The van der Waals surface area contributed by atoms with Crippen LogP contribution in [0.3, 0.4) is 0 Å². The standard InChI is InChI=1S/C26H16BrN3/c27-23-11-5-3-7-19(23)17-13-15-18(16-14-17)25-28-29-26-22-10-2-1-8-20(22)21-9-4-6-12-24(21)30(25)26/h1-16H. The first-order chi connectivity index (χ1) is 14.8. The SMILES string of the molecule is Brc1ccccc1-c1ccc(-c2nnc3c4ccccc4c4ccccc4n23)cc1. The number of pyridine rings is 1. The normalized spacial score (nSPS) is 11.5. The molecular weight excluding hydrogens is 434 g/mol. The monoisotopic (exact) mass is 449 g/mol.